The van der Waals surface area contributed by atoms with Gasteiger partial charge in [-0.15, -0.1) is 0 Å². The third-order valence-electron chi connectivity index (χ3n) is 2.50. The number of ketones is 1. The van der Waals surface area contributed by atoms with Crippen LogP contribution in [0.15, 0.2) is 45.5 Å². The Balaban J connectivity index is 2.13. The number of hydrogen-bond acceptors (Lipinski definition) is 3. The average Bonchev–Trinajstić information content (AvgIpc) is 2.98. The molecule has 0 spiro atoms. The molecule has 2 aromatic heterocycles. The van der Waals surface area contributed by atoms with E-state index in [0.29, 0.717) is 10.9 Å². The molecule has 17 heavy (non-hydrogen) atoms. The van der Waals surface area contributed by atoms with E-state index in [4.69, 9.17) is 4.42 Å². The van der Waals surface area contributed by atoms with Gasteiger partial charge in [0.05, 0.1) is 0 Å². The molecule has 3 aromatic rings. The van der Waals surface area contributed by atoms with Crippen molar-refractivity contribution in [3.8, 4) is 0 Å². The van der Waals surface area contributed by atoms with E-state index in [1.54, 1.807) is 29.6 Å². The minimum absolute atomic E-state index is 0.131. The molecule has 1 aromatic carbocycles. The zero-order valence-corrected chi connectivity index (χ0v) is 9.46. The summed E-state index contributed by atoms with van der Waals surface area (Å²) in [5.74, 6) is -0.503. The van der Waals surface area contributed by atoms with E-state index in [1.807, 2.05) is 5.38 Å². The Hall–Kier alpha value is -1.94. The second-order valence-electron chi connectivity index (χ2n) is 3.61. The van der Waals surface area contributed by atoms with Gasteiger partial charge in [-0.2, -0.15) is 11.3 Å². The fraction of sp³-hybridized carbons (Fsp3) is 0. The van der Waals surface area contributed by atoms with Gasteiger partial charge in [0.25, 0.3) is 0 Å². The molecule has 2 nitrogen and oxygen atoms in total. The average molecular weight is 246 g/mol. The highest BCUT2D eigenvalue weighted by atomic mass is 32.1. The van der Waals surface area contributed by atoms with Gasteiger partial charge in [-0.3, -0.25) is 4.79 Å². The van der Waals surface area contributed by atoms with Crippen LogP contribution in [0.1, 0.15) is 16.1 Å². The fourth-order valence-electron chi connectivity index (χ4n) is 1.68. The predicted octanol–water partition coefficient (Wildman–Crippen LogP) is 3.86. The molecule has 0 aliphatic rings. The lowest BCUT2D eigenvalue weighted by molar-refractivity contribution is 0.101. The van der Waals surface area contributed by atoms with E-state index in [9.17, 15) is 9.18 Å². The van der Waals surface area contributed by atoms with Gasteiger partial charge in [-0.05, 0) is 23.6 Å². The van der Waals surface area contributed by atoms with Gasteiger partial charge >= 0.3 is 0 Å². The van der Waals surface area contributed by atoms with Crippen LogP contribution < -0.4 is 0 Å². The maximum atomic E-state index is 13.4. The van der Waals surface area contributed by atoms with Crippen LogP contribution in [0.5, 0.6) is 0 Å². The molecule has 84 valence electrons. The lowest BCUT2D eigenvalue weighted by atomic mass is 10.1. The summed E-state index contributed by atoms with van der Waals surface area (Å²) in [4.78, 5) is 12.0. The van der Waals surface area contributed by atoms with E-state index >= 15 is 0 Å². The number of carbonyl (C=O) groups is 1. The maximum absolute atomic E-state index is 13.4. The fourth-order valence-corrected chi connectivity index (χ4v) is 2.31. The Labute approximate surface area is 100 Å². The van der Waals surface area contributed by atoms with Crippen LogP contribution in [-0.2, 0) is 0 Å². The van der Waals surface area contributed by atoms with Crippen LogP contribution in [0.4, 0.5) is 4.39 Å². The molecular weight excluding hydrogens is 239 g/mol. The third-order valence-corrected chi connectivity index (χ3v) is 3.19. The first kappa shape index (κ1) is 10.2. The minimum Gasteiger partial charge on any atom is -0.449 e. The van der Waals surface area contributed by atoms with E-state index in [0.717, 1.165) is 0 Å². The Morgan fingerprint density at radius 1 is 1.29 bits per heavy atom. The SMILES string of the molecule is O=C(c1ccsc1)c1cc2cccc(F)c2o1. The largest absolute Gasteiger partial charge is 0.449 e. The lowest BCUT2D eigenvalue weighted by Crippen LogP contribution is -1.96. The van der Waals surface area contributed by atoms with Crippen LogP contribution in [0.2, 0.25) is 0 Å². The van der Waals surface area contributed by atoms with Gasteiger partial charge in [0, 0.05) is 16.3 Å². The van der Waals surface area contributed by atoms with Gasteiger partial charge < -0.3 is 4.42 Å². The summed E-state index contributed by atoms with van der Waals surface area (Å²) in [6.07, 6.45) is 0. The van der Waals surface area contributed by atoms with Crippen molar-refractivity contribution in [1.82, 2.24) is 0 Å². The third kappa shape index (κ3) is 1.66. The Bertz CT molecular complexity index is 683. The highest BCUT2D eigenvalue weighted by molar-refractivity contribution is 7.08. The Morgan fingerprint density at radius 3 is 2.88 bits per heavy atom. The maximum Gasteiger partial charge on any atom is 0.229 e. The molecule has 3 rings (SSSR count). The van der Waals surface area contributed by atoms with Crippen molar-refractivity contribution in [2.45, 2.75) is 0 Å². The molecular formula is C13H7FO2S. The topological polar surface area (TPSA) is 30.2 Å². The van der Waals surface area contributed by atoms with E-state index in [1.165, 1.54) is 17.4 Å². The second-order valence-corrected chi connectivity index (χ2v) is 4.39. The molecule has 0 N–H and O–H groups in total. The summed E-state index contributed by atoms with van der Waals surface area (Å²) in [5.41, 5.74) is 0.695. The quantitative estimate of drug-likeness (QED) is 0.642. The van der Waals surface area contributed by atoms with E-state index < -0.39 is 5.82 Å². The van der Waals surface area contributed by atoms with Crippen LogP contribution in [-0.4, -0.2) is 5.78 Å². The highest BCUT2D eigenvalue weighted by Gasteiger charge is 2.16. The van der Waals surface area contributed by atoms with Gasteiger partial charge in [-0.25, -0.2) is 4.39 Å². The molecule has 0 unspecified atom stereocenters. The number of furan rings is 1. The number of carbonyl (C=O) groups excluding carboxylic acids is 1. The summed E-state index contributed by atoms with van der Waals surface area (Å²) >= 11 is 1.44. The van der Waals surface area contributed by atoms with Crippen molar-refractivity contribution >= 4 is 28.1 Å². The summed E-state index contributed by atoms with van der Waals surface area (Å²) in [6.45, 7) is 0. The molecule has 0 fully saturated rings. The van der Waals surface area contributed by atoms with Crippen molar-refractivity contribution < 1.29 is 13.6 Å². The number of thiophene rings is 1. The molecule has 0 saturated heterocycles. The van der Waals surface area contributed by atoms with Crippen molar-refractivity contribution in [1.29, 1.82) is 0 Å². The number of hydrogen-bond donors (Lipinski definition) is 0. The molecule has 0 bridgehead atoms. The van der Waals surface area contributed by atoms with Crippen molar-refractivity contribution in [3.63, 3.8) is 0 Å². The van der Waals surface area contributed by atoms with Gasteiger partial charge in [0.15, 0.2) is 17.2 Å². The first-order valence-corrected chi connectivity index (χ1v) is 5.95. The zero-order valence-electron chi connectivity index (χ0n) is 8.64. The summed E-state index contributed by atoms with van der Waals surface area (Å²) in [5, 5.41) is 4.16. The normalized spacial score (nSPS) is 10.9. The predicted molar refractivity (Wildman–Crippen MR) is 63.9 cm³/mol. The standard InChI is InChI=1S/C13H7FO2S/c14-10-3-1-2-8-6-11(16-13(8)10)12(15)9-4-5-17-7-9/h1-7H. The highest BCUT2D eigenvalue weighted by Crippen LogP contribution is 2.24. The van der Waals surface area contributed by atoms with Gasteiger partial charge in [0.2, 0.25) is 5.78 Å². The van der Waals surface area contributed by atoms with Crippen LogP contribution in [0, 0.1) is 5.82 Å². The number of para-hydroxylation sites is 1. The van der Waals surface area contributed by atoms with Crippen LogP contribution in [0.25, 0.3) is 11.0 Å². The minimum atomic E-state index is -0.452. The van der Waals surface area contributed by atoms with Crippen LogP contribution >= 0.6 is 11.3 Å². The molecule has 0 radical (unpaired) electrons. The molecule has 4 heteroatoms. The molecule has 0 atom stereocenters. The zero-order chi connectivity index (χ0) is 11.8. The lowest BCUT2D eigenvalue weighted by Gasteiger charge is -1.91. The number of benzene rings is 1. The first-order chi connectivity index (χ1) is 8.25. The van der Waals surface area contributed by atoms with Crippen LogP contribution in [0.3, 0.4) is 0 Å². The first-order valence-electron chi connectivity index (χ1n) is 5.00. The molecule has 0 aliphatic carbocycles. The summed E-state index contributed by atoms with van der Waals surface area (Å²) in [6, 6.07) is 7.90. The summed E-state index contributed by atoms with van der Waals surface area (Å²) < 4.78 is 18.7. The van der Waals surface area contributed by atoms with Crippen molar-refractivity contribution in [2.24, 2.45) is 0 Å². The van der Waals surface area contributed by atoms with Crippen molar-refractivity contribution in [2.75, 3.05) is 0 Å². The number of fused-ring (bicyclic) bond motifs is 1. The monoisotopic (exact) mass is 246 g/mol. The van der Waals surface area contributed by atoms with Crippen molar-refractivity contribution in [3.05, 3.63) is 58.2 Å². The van der Waals surface area contributed by atoms with Gasteiger partial charge in [-0.1, -0.05) is 12.1 Å². The number of halogens is 1. The second kappa shape index (κ2) is 3.82. The molecule has 0 amide bonds. The Kier molecular flexibility index (Phi) is 2.30. The number of rotatable bonds is 2. The van der Waals surface area contributed by atoms with E-state index in [-0.39, 0.29) is 17.1 Å². The molecule has 0 aliphatic heterocycles. The Morgan fingerprint density at radius 2 is 2.18 bits per heavy atom. The summed E-state index contributed by atoms with van der Waals surface area (Å²) in [7, 11) is 0. The molecule has 2 heterocycles. The van der Waals surface area contributed by atoms with E-state index in [2.05, 4.69) is 0 Å². The van der Waals surface area contributed by atoms with Gasteiger partial charge in [0.1, 0.15) is 0 Å². The molecule has 0 saturated carbocycles. The smallest absolute Gasteiger partial charge is 0.229 e.